The molecule has 0 aliphatic heterocycles. The van der Waals surface area contributed by atoms with E-state index in [0.29, 0.717) is 5.69 Å². The highest BCUT2D eigenvalue weighted by atomic mass is 19.4. The number of benzene rings is 1. The monoisotopic (exact) mass is 241 g/mol. The fourth-order valence-electron chi connectivity index (χ4n) is 1.41. The van der Waals surface area contributed by atoms with Crippen LogP contribution in [0.5, 0.6) is 0 Å². The van der Waals surface area contributed by atoms with Gasteiger partial charge < -0.3 is 5.73 Å². The van der Waals surface area contributed by atoms with Crippen molar-refractivity contribution in [3.63, 3.8) is 0 Å². The first kappa shape index (κ1) is 11.5. The molecule has 0 atom stereocenters. The topological polar surface area (TPSA) is 43.8 Å². The van der Waals surface area contributed by atoms with E-state index in [9.17, 15) is 13.2 Å². The quantitative estimate of drug-likeness (QED) is 0.821. The molecule has 0 spiro atoms. The van der Waals surface area contributed by atoms with Gasteiger partial charge in [0.2, 0.25) is 0 Å². The van der Waals surface area contributed by atoms with Crippen LogP contribution in [-0.2, 0) is 12.7 Å². The van der Waals surface area contributed by atoms with Gasteiger partial charge in [-0.1, -0.05) is 12.1 Å². The minimum Gasteiger partial charge on any atom is -0.399 e. The lowest BCUT2D eigenvalue weighted by atomic mass is 10.2. The van der Waals surface area contributed by atoms with Gasteiger partial charge in [0.25, 0.3) is 0 Å². The second-order valence-electron chi connectivity index (χ2n) is 3.64. The Bertz CT molecular complexity index is 499. The smallest absolute Gasteiger partial charge is 0.399 e. The number of rotatable bonds is 2. The Hall–Kier alpha value is -1.98. The molecular formula is C11H10F3N3. The summed E-state index contributed by atoms with van der Waals surface area (Å²) in [6, 6.07) is 7.86. The molecule has 90 valence electrons. The number of anilines is 1. The molecule has 0 fully saturated rings. The molecule has 0 radical (unpaired) electrons. The highest BCUT2D eigenvalue weighted by Gasteiger charge is 2.33. The van der Waals surface area contributed by atoms with Gasteiger partial charge in [0.05, 0.1) is 6.54 Å². The maximum Gasteiger partial charge on any atom is 0.435 e. The van der Waals surface area contributed by atoms with Crippen LogP contribution in [0.1, 0.15) is 11.3 Å². The van der Waals surface area contributed by atoms with Crippen molar-refractivity contribution in [1.29, 1.82) is 0 Å². The van der Waals surface area contributed by atoms with Gasteiger partial charge in [-0.15, -0.1) is 0 Å². The van der Waals surface area contributed by atoms with Gasteiger partial charge in [-0.2, -0.15) is 18.3 Å². The average Bonchev–Trinajstić information content (AvgIpc) is 2.69. The van der Waals surface area contributed by atoms with Crippen LogP contribution in [0.2, 0.25) is 0 Å². The maximum absolute atomic E-state index is 12.3. The normalized spacial score (nSPS) is 11.7. The van der Waals surface area contributed by atoms with Gasteiger partial charge in [-0.3, -0.25) is 4.68 Å². The van der Waals surface area contributed by atoms with Crippen molar-refractivity contribution in [2.75, 3.05) is 5.73 Å². The SMILES string of the molecule is Nc1ccc(Cn2ccc(C(F)(F)F)n2)cc1. The van der Waals surface area contributed by atoms with E-state index in [0.717, 1.165) is 11.6 Å². The van der Waals surface area contributed by atoms with Crippen LogP contribution in [0.4, 0.5) is 18.9 Å². The van der Waals surface area contributed by atoms with Crippen LogP contribution >= 0.6 is 0 Å². The predicted molar refractivity (Wildman–Crippen MR) is 57.2 cm³/mol. The van der Waals surface area contributed by atoms with Crippen molar-refractivity contribution in [3.8, 4) is 0 Å². The number of nitrogens with two attached hydrogens (primary N) is 1. The summed E-state index contributed by atoms with van der Waals surface area (Å²) >= 11 is 0. The van der Waals surface area contributed by atoms with Gasteiger partial charge in [0.15, 0.2) is 5.69 Å². The van der Waals surface area contributed by atoms with Crippen molar-refractivity contribution in [1.82, 2.24) is 9.78 Å². The number of halogens is 3. The highest BCUT2D eigenvalue weighted by molar-refractivity contribution is 5.39. The summed E-state index contributed by atoms with van der Waals surface area (Å²) in [6.45, 7) is 0.288. The summed E-state index contributed by atoms with van der Waals surface area (Å²) in [4.78, 5) is 0. The van der Waals surface area contributed by atoms with E-state index in [1.54, 1.807) is 24.3 Å². The molecule has 1 aromatic heterocycles. The fourth-order valence-corrected chi connectivity index (χ4v) is 1.41. The number of hydrogen-bond acceptors (Lipinski definition) is 2. The Labute approximate surface area is 95.7 Å². The lowest BCUT2D eigenvalue weighted by molar-refractivity contribution is -0.141. The van der Waals surface area contributed by atoms with E-state index >= 15 is 0 Å². The molecule has 1 aromatic carbocycles. The molecule has 2 aromatic rings. The predicted octanol–water partition coefficient (Wildman–Crippen LogP) is 2.53. The third-order valence-corrected chi connectivity index (χ3v) is 2.26. The molecule has 2 N–H and O–H groups in total. The summed E-state index contributed by atoms with van der Waals surface area (Å²) in [5.41, 5.74) is 6.09. The van der Waals surface area contributed by atoms with Crippen LogP contribution in [-0.4, -0.2) is 9.78 Å². The van der Waals surface area contributed by atoms with E-state index in [1.165, 1.54) is 10.9 Å². The van der Waals surface area contributed by atoms with Crippen LogP contribution in [0.15, 0.2) is 36.5 Å². The van der Waals surface area contributed by atoms with Crippen LogP contribution < -0.4 is 5.73 Å². The zero-order valence-electron chi connectivity index (χ0n) is 8.78. The first-order valence-electron chi connectivity index (χ1n) is 4.90. The third-order valence-electron chi connectivity index (χ3n) is 2.26. The van der Waals surface area contributed by atoms with Crippen molar-refractivity contribution in [2.24, 2.45) is 0 Å². The van der Waals surface area contributed by atoms with Gasteiger partial charge in [0, 0.05) is 11.9 Å². The molecule has 1 heterocycles. The molecule has 0 saturated heterocycles. The number of aromatic nitrogens is 2. The van der Waals surface area contributed by atoms with Crippen LogP contribution in [0.3, 0.4) is 0 Å². The summed E-state index contributed by atoms with van der Waals surface area (Å²) in [6.07, 6.45) is -3.09. The lowest BCUT2D eigenvalue weighted by Gasteiger charge is -2.03. The van der Waals surface area contributed by atoms with Gasteiger partial charge in [0.1, 0.15) is 0 Å². The average molecular weight is 241 g/mol. The Morgan fingerprint density at radius 1 is 1.12 bits per heavy atom. The fraction of sp³-hybridized carbons (Fsp3) is 0.182. The molecule has 0 aliphatic rings. The van der Waals surface area contributed by atoms with E-state index in [2.05, 4.69) is 5.10 Å². The molecule has 17 heavy (non-hydrogen) atoms. The van der Waals surface area contributed by atoms with Gasteiger partial charge in [-0.05, 0) is 23.8 Å². The zero-order chi connectivity index (χ0) is 12.5. The second-order valence-corrected chi connectivity index (χ2v) is 3.64. The summed E-state index contributed by atoms with van der Waals surface area (Å²) < 4.78 is 38.1. The zero-order valence-corrected chi connectivity index (χ0v) is 8.78. The second kappa shape index (κ2) is 4.12. The highest BCUT2D eigenvalue weighted by Crippen LogP contribution is 2.27. The molecular weight excluding hydrogens is 231 g/mol. The van der Waals surface area contributed by atoms with Crippen molar-refractivity contribution < 1.29 is 13.2 Å². The van der Waals surface area contributed by atoms with Gasteiger partial charge >= 0.3 is 6.18 Å². The van der Waals surface area contributed by atoms with Crippen LogP contribution in [0.25, 0.3) is 0 Å². The molecule has 3 nitrogen and oxygen atoms in total. The minimum absolute atomic E-state index is 0.288. The molecule has 2 rings (SSSR count). The number of nitrogens with zero attached hydrogens (tertiary/aromatic N) is 2. The molecule has 0 aliphatic carbocycles. The van der Waals surface area contributed by atoms with Crippen molar-refractivity contribution in [2.45, 2.75) is 12.7 Å². The minimum atomic E-state index is -4.40. The van der Waals surface area contributed by atoms with Crippen molar-refractivity contribution >= 4 is 5.69 Å². The summed E-state index contributed by atoms with van der Waals surface area (Å²) in [5.74, 6) is 0. The number of nitrogen functional groups attached to an aromatic ring is 1. The standard InChI is InChI=1S/C11H10F3N3/c12-11(13,14)10-5-6-17(16-10)7-8-1-3-9(15)4-2-8/h1-6H,7,15H2. The Balaban J connectivity index is 2.14. The van der Waals surface area contributed by atoms with Crippen LogP contribution in [0, 0.1) is 0 Å². The largest absolute Gasteiger partial charge is 0.435 e. The first-order valence-corrected chi connectivity index (χ1v) is 4.90. The number of hydrogen-bond donors (Lipinski definition) is 1. The molecule has 0 amide bonds. The molecule has 6 heteroatoms. The van der Waals surface area contributed by atoms with E-state index in [1.807, 2.05) is 0 Å². The van der Waals surface area contributed by atoms with Gasteiger partial charge in [-0.25, -0.2) is 0 Å². The van der Waals surface area contributed by atoms with E-state index < -0.39 is 11.9 Å². The summed E-state index contributed by atoms with van der Waals surface area (Å²) in [5, 5.41) is 3.46. The molecule has 0 unspecified atom stereocenters. The Morgan fingerprint density at radius 3 is 2.29 bits per heavy atom. The number of alkyl halides is 3. The van der Waals surface area contributed by atoms with Crippen molar-refractivity contribution in [3.05, 3.63) is 47.8 Å². The Morgan fingerprint density at radius 2 is 1.76 bits per heavy atom. The van der Waals surface area contributed by atoms with E-state index in [-0.39, 0.29) is 6.54 Å². The molecule has 0 saturated carbocycles. The first-order chi connectivity index (χ1) is 7.95. The Kier molecular flexibility index (Phi) is 2.79. The lowest BCUT2D eigenvalue weighted by Crippen LogP contribution is -2.08. The molecule has 0 bridgehead atoms. The maximum atomic E-state index is 12.3. The summed E-state index contributed by atoms with van der Waals surface area (Å²) in [7, 11) is 0. The van der Waals surface area contributed by atoms with E-state index in [4.69, 9.17) is 5.73 Å². The third kappa shape index (κ3) is 2.77.